The third-order valence-electron chi connectivity index (χ3n) is 3.18. The summed E-state index contributed by atoms with van der Waals surface area (Å²) >= 11 is 6.19. The molecule has 2 rings (SSSR count). The Kier molecular flexibility index (Phi) is 5.41. The first-order valence-corrected chi connectivity index (χ1v) is 7.04. The minimum absolute atomic E-state index is 0.0191. The highest BCUT2D eigenvalue weighted by atomic mass is 35.5. The molecule has 0 bridgehead atoms. The van der Waals surface area contributed by atoms with Gasteiger partial charge in [-0.2, -0.15) is 0 Å². The van der Waals surface area contributed by atoms with E-state index in [0.29, 0.717) is 6.61 Å². The molecule has 3 nitrogen and oxygen atoms in total. The van der Waals surface area contributed by atoms with Gasteiger partial charge < -0.3 is 4.74 Å². The van der Waals surface area contributed by atoms with Crippen molar-refractivity contribution in [1.29, 1.82) is 0 Å². The number of ether oxygens (including phenoxy) is 1. The van der Waals surface area contributed by atoms with Crippen LogP contribution < -0.4 is 16.0 Å². The van der Waals surface area contributed by atoms with Crippen LogP contribution in [0.15, 0.2) is 48.5 Å². The molecule has 1 unspecified atom stereocenters. The molecule has 0 spiro atoms. The van der Waals surface area contributed by atoms with Crippen LogP contribution >= 0.6 is 11.6 Å². The van der Waals surface area contributed by atoms with Crippen LogP contribution in [0.3, 0.4) is 0 Å². The van der Waals surface area contributed by atoms with Crippen molar-refractivity contribution in [2.24, 2.45) is 5.84 Å². The van der Waals surface area contributed by atoms with E-state index in [1.165, 1.54) is 0 Å². The van der Waals surface area contributed by atoms with Crippen molar-refractivity contribution in [2.45, 2.75) is 19.4 Å². The SMILES string of the molecule is CCOc1ccc(C(Cc2ccccc2Cl)NN)cc1. The van der Waals surface area contributed by atoms with Gasteiger partial charge in [-0.25, -0.2) is 0 Å². The van der Waals surface area contributed by atoms with E-state index in [1.807, 2.05) is 55.5 Å². The normalized spacial score (nSPS) is 12.2. The van der Waals surface area contributed by atoms with Gasteiger partial charge in [-0.05, 0) is 42.7 Å². The minimum atomic E-state index is 0.0191. The molecule has 0 fully saturated rings. The maximum absolute atomic E-state index is 6.19. The number of benzene rings is 2. The summed E-state index contributed by atoms with van der Waals surface area (Å²) in [5.41, 5.74) is 5.03. The first kappa shape index (κ1) is 14.9. The molecule has 0 radical (unpaired) electrons. The Hall–Kier alpha value is -1.55. The molecule has 0 saturated carbocycles. The van der Waals surface area contributed by atoms with Gasteiger partial charge >= 0.3 is 0 Å². The van der Waals surface area contributed by atoms with Crippen LogP contribution in [-0.4, -0.2) is 6.61 Å². The molecule has 0 aliphatic carbocycles. The van der Waals surface area contributed by atoms with E-state index in [-0.39, 0.29) is 6.04 Å². The molecule has 0 amide bonds. The molecule has 3 N–H and O–H groups in total. The van der Waals surface area contributed by atoms with E-state index in [1.54, 1.807) is 0 Å². The van der Waals surface area contributed by atoms with Crippen LogP contribution in [0.1, 0.15) is 24.1 Å². The largest absolute Gasteiger partial charge is 0.494 e. The second-order valence-corrected chi connectivity index (χ2v) is 4.92. The fraction of sp³-hybridized carbons (Fsp3) is 0.250. The number of hydrogen-bond acceptors (Lipinski definition) is 3. The van der Waals surface area contributed by atoms with Crippen LogP contribution in [0.25, 0.3) is 0 Å². The maximum atomic E-state index is 6.19. The Morgan fingerprint density at radius 1 is 1.15 bits per heavy atom. The molecule has 2 aromatic rings. The number of nitrogens with two attached hydrogens (primary N) is 1. The van der Waals surface area contributed by atoms with Gasteiger partial charge in [0.05, 0.1) is 12.6 Å². The second kappa shape index (κ2) is 7.29. The first-order chi connectivity index (χ1) is 9.74. The molecule has 0 saturated heterocycles. The number of nitrogens with one attached hydrogen (secondary N) is 1. The molecule has 2 aromatic carbocycles. The monoisotopic (exact) mass is 290 g/mol. The van der Waals surface area contributed by atoms with Crippen molar-refractivity contribution in [1.82, 2.24) is 5.43 Å². The summed E-state index contributed by atoms with van der Waals surface area (Å²) in [5.74, 6) is 6.54. The Labute approximate surface area is 124 Å². The van der Waals surface area contributed by atoms with Gasteiger partial charge in [0.15, 0.2) is 0 Å². The molecule has 4 heteroatoms. The Morgan fingerprint density at radius 3 is 2.45 bits per heavy atom. The summed E-state index contributed by atoms with van der Waals surface area (Å²) in [6.45, 7) is 2.63. The second-order valence-electron chi connectivity index (χ2n) is 4.52. The lowest BCUT2D eigenvalue weighted by Gasteiger charge is -2.17. The molecule has 0 aliphatic rings. The van der Waals surface area contributed by atoms with Gasteiger partial charge in [-0.1, -0.05) is 41.9 Å². The van der Waals surface area contributed by atoms with Crippen molar-refractivity contribution < 1.29 is 4.74 Å². The lowest BCUT2D eigenvalue weighted by atomic mass is 9.99. The molecular weight excluding hydrogens is 272 g/mol. The van der Waals surface area contributed by atoms with Crippen LogP contribution in [0.5, 0.6) is 5.75 Å². The van der Waals surface area contributed by atoms with Crippen molar-refractivity contribution >= 4 is 11.6 Å². The van der Waals surface area contributed by atoms with Gasteiger partial charge in [0, 0.05) is 5.02 Å². The quantitative estimate of drug-likeness (QED) is 0.632. The fourth-order valence-corrected chi connectivity index (χ4v) is 2.33. The summed E-state index contributed by atoms with van der Waals surface area (Å²) in [6.07, 6.45) is 0.740. The maximum Gasteiger partial charge on any atom is 0.119 e. The van der Waals surface area contributed by atoms with Gasteiger partial charge in [-0.15, -0.1) is 0 Å². The molecule has 1 atom stereocenters. The average molecular weight is 291 g/mol. The lowest BCUT2D eigenvalue weighted by molar-refractivity contribution is 0.340. The van der Waals surface area contributed by atoms with Gasteiger partial charge in [0.1, 0.15) is 5.75 Å². The summed E-state index contributed by atoms with van der Waals surface area (Å²) in [5, 5.41) is 0.763. The van der Waals surface area contributed by atoms with Crippen molar-refractivity contribution in [3.05, 3.63) is 64.7 Å². The predicted molar refractivity (Wildman–Crippen MR) is 82.8 cm³/mol. The number of halogens is 1. The van der Waals surface area contributed by atoms with Crippen LogP contribution in [-0.2, 0) is 6.42 Å². The van der Waals surface area contributed by atoms with E-state index in [2.05, 4.69) is 5.43 Å². The van der Waals surface area contributed by atoms with Gasteiger partial charge in [-0.3, -0.25) is 11.3 Å². The van der Waals surface area contributed by atoms with Crippen LogP contribution in [0, 0.1) is 0 Å². The molecule has 106 valence electrons. The Morgan fingerprint density at radius 2 is 1.85 bits per heavy atom. The third kappa shape index (κ3) is 3.73. The highest BCUT2D eigenvalue weighted by Crippen LogP contribution is 2.24. The fourth-order valence-electron chi connectivity index (χ4n) is 2.12. The number of hydrazine groups is 1. The standard InChI is InChI=1S/C16H19ClN2O/c1-2-20-14-9-7-12(8-10-14)16(19-18)11-13-5-3-4-6-15(13)17/h3-10,16,19H,2,11,18H2,1H3. The molecule has 0 aliphatic heterocycles. The Balaban J connectivity index is 2.13. The molecule has 20 heavy (non-hydrogen) atoms. The minimum Gasteiger partial charge on any atom is -0.494 e. The smallest absolute Gasteiger partial charge is 0.119 e. The predicted octanol–water partition coefficient (Wildman–Crippen LogP) is 3.49. The molecule has 0 heterocycles. The van der Waals surface area contributed by atoms with Crippen molar-refractivity contribution in [3.63, 3.8) is 0 Å². The Bertz CT molecular complexity index is 542. The zero-order chi connectivity index (χ0) is 14.4. The average Bonchev–Trinajstić information content (AvgIpc) is 2.48. The van der Waals surface area contributed by atoms with Gasteiger partial charge in [0.2, 0.25) is 0 Å². The molecule has 0 aromatic heterocycles. The highest BCUT2D eigenvalue weighted by molar-refractivity contribution is 6.31. The van der Waals surface area contributed by atoms with E-state index >= 15 is 0 Å². The third-order valence-corrected chi connectivity index (χ3v) is 3.55. The summed E-state index contributed by atoms with van der Waals surface area (Å²) in [7, 11) is 0. The van der Waals surface area contributed by atoms with Crippen LogP contribution in [0.2, 0.25) is 5.02 Å². The first-order valence-electron chi connectivity index (χ1n) is 6.67. The van der Waals surface area contributed by atoms with Crippen molar-refractivity contribution in [2.75, 3.05) is 6.61 Å². The van der Waals surface area contributed by atoms with E-state index in [4.69, 9.17) is 22.2 Å². The number of hydrogen-bond donors (Lipinski definition) is 2. The lowest BCUT2D eigenvalue weighted by Crippen LogP contribution is -2.29. The topological polar surface area (TPSA) is 47.3 Å². The summed E-state index contributed by atoms with van der Waals surface area (Å²) in [6, 6.07) is 15.8. The van der Waals surface area contributed by atoms with E-state index < -0.39 is 0 Å². The zero-order valence-electron chi connectivity index (χ0n) is 11.5. The van der Waals surface area contributed by atoms with Crippen molar-refractivity contribution in [3.8, 4) is 5.75 Å². The highest BCUT2D eigenvalue weighted by Gasteiger charge is 2.12. The van der Waals surface area contributed by atoms with E-state index in [0.717, 1.165) is 28.3 Å². The molecular formula is C16H19ClN2O. The summed E-state index contributed by atoms with van der Waals surface area (Å²) in [4.78, 5) is 0. The zero-order valence-corrected chi connectivity index (χ0v) is 12.2. The van der Waals surface area contributed by atoms with E-state index in [9.17, 15) is 0 Å². The van der Waals surface area contributed by atoms with Gasteiger partial charge in [0.25, 0.3) is 0 Å². The summed E-state index contributed by atoms with van der Waals surface area (Å²) < 4.78 is 5.44. The van der Waals surface area contributed by atoms with Crippen LogP contribution in [0.4, 0.5) is 0 Å². The number of rotatable bonds is 6.